The van der Waals surface area contributed by atoms with Crippen LogP contribution in [0.5, 0.6) is 5.75 Å². The number of benzene rings is 2. The van der Waals surface area contributed by atoms with Gasteiger partial charge in [-0.2, -0.15) is 0 Å². The Morgan fingerprint density at radius 1 is 1.13 bits per heavy atom. The van der Waals surface area contributed by atoms with Gasteiger partial charge in [-0.25, -0.2) is 0 Å². The van der Waals surface area contributed by atoms with E-state index in [9.17, 15) is 14.7 Å². The monoisotopic (exact) mass is 374 g/mol. The minimum Gasteiger partial charge on any atom is -0.508 e. The van der Waals surface area contributed by atoms with Gasteiger partial charge in [0.15, 0.2) is 0 Å². The first kappa shape index (κ1) is 15.6. The summed E-state index contributed by atoms with van der Waals surface area (Å²) in [6.45, 7) is 0.365. The normalized spacial score (nSPS) is 17.3. The van der Waals surface area contributed by atoms with Crippen LogP contribution >= 0.6 is 15.9 Å². The number of anilines is 2. The number of nitrogens with zero attached hydrogens (tertiary/aromatic N) is 1. The van der Waals surface area contributed by atoms with Gasteiger partial charge in [0.05, 0.1) is 5.92 Å². The van der Waals surface area contributed by atoms with Crippen LogP contribution in [0.3, 0.4) is 0 Å². The Hall–Kier alpha value is -2.34. The van der Waals surface area contributed by atoms with Gasteiger partial charge >= 0.3 is 0 Å². The molecule has 2 aromatic carbocycles. The van der Waals surface area contributed by atoms with Crippen LogP contribution in [0, 0.1) is 5.92 Å². The van der Waals surface area contributed by atoms with E-state index in [0.29, 0.717) is 12.2 Å². The smallest absolute Gasteiger partial charge is 0.229 e. The molecule has 1 saturated heterocycles. The molecule has 0 bridgehead atoms. The van der Waals surface area contributed by atoms with Crippen molar-refractivity contribution in [3.05, 3.63) is 53.0 Å². The average Bonchev–Trinajstić information content (AvgIpc) is 2.92. The van der Waals surface area contributed by atoms with Crippen LogP contribution in [0.2, 0.25) is 0 Å². The molecule has 1 atom stereocenters. The Bertz CT molecular complexity index is 729. The molecule has 6 heteroatoms. The number of rotatable bonds is 3. The van der Waals surface area contributed by atoms with Crippen molar-refractivity contribution < 1.29 is 14.7 Å². The van der Waals surface area contributed by atoms with E-state index in [1.165, 1.54) is 12.1 Å². The van der Waals surface area contributed by atoms with E-state index >= 15 is 0 Å². The number of hydrogen-bond donors (Lipinski definition) is 2. The number of halogens is 1. The van der Waals surface area contributed by atoms with Gasteiger partial charge < -0.3 is 15.3 Å². The summed E-state index contributed by atoms with van der Waals surface area (Å²) < 4.78 is 0.939. The third kappa shape index (κ3) is 3.53. The summed E-state index contributed by atoms with van der Waals surface area (Å²) in [6.07, 6.45) is 0.194. The van der Waals surface area contributed by atoms with E-state index in [4.69, 9.17) is 0 Å². The summed E-state index contributed by atoms with van der Waals surface area (Å²) in [7, 11) is 0. The van der Waals surface area contributed by atoms with Gasteiger partial charge in [0.1, 0.15) is 5.75 Å². The minimum absolute atomic E-state index is 0.0572. The SMILES string of the molecule is O=C(Nc1ccc(O)cc1)[C@H]1CC(=O)N(c2ccc(Br)cc2)C1. The van der Waals surface area contributed by atoms with Crippen molar-refractivity contribution in [2.45, 2.75) is 6.42 Å². The molecule has 1 heterocycles. The van der Waals surface area contributed by atoms with Crippen molar-refractivity contribution in [3.8, 4) is 5.75 Å². The summed E-state index contributed by atoms with van der Waals surface area (Å²) in [5.74, 6) is -0.498. The number of phenolic OH excluding ortho intramolecular Hbond substituents is 1. The Balaban J connectivity index is 1.68. The van der Waals surface area contributed by atoms with Crippen LogP contribution in [-0.2, 0) is 9.59 Å². The van der Waals surface area contributed by atoms with Crippen LogP contribution < -0.4 is 10.2 Å². The summed E-state index contributed by atoms with van der Waals surface area (Å²) in [6, 6.07) is 13.7. The summed E-state index contributed by atoms with van der Waals surface area (Å²) in [5, 5.41) is 12.0. The Labute approximate surface area is 142 Å². The third-order valence-corrected chi connectivity index (χ3v) is 4.30. The van der Waals surface area contributed by atoms with Gasteiger partial charge in [-0.15, -0.1) is 0 Å². The standard InChI is InChI=1S/C17H15BrN2O3/c18-12-1-5-14(6-2-12)20-10-11(9-16(20)22)17(23)19-13-3-7-15(21)8-4-13/h1-8,11,21H,9-10H2,(H,19,23)/t11-/m0/s1. The van der Waals surface area contributed by atoms with Crippen molar-refractivity contribution in [2.75, 3.05) is 16.8 Å². The first-order valence-corrected chi connectivity index (χ1v) is 7.98. The highest BCUT2D eigenvalue weighted by Gasteiger charge is 2.35. The molecule has 2 amide bonds. The minimum atomic E-state index is -0.389. The van der Waals surface area contributed by atoms with Crippen molar-refractivity contribution in [1.29, 1.82) is 0 Å². The van der Waals surface area contributed by atoms with Crippen LogP contribution in [0.15, 0.2) is 53.0 Å². The molecule has 5 nitrogen and oxygen atoms in total. The first-order valence-electron chi connectivity index (χ1n) is 7.19. The van der Waals surface area contributed by atoms with Crippen molar-refractivity contribution in [2.24, 2.45) is 5.92 Å². The molecule has 2 N–H and O–H groups in total. The van der Waals surface area contributed by atoms with Gasteiger partial charge in [-0.05, 0) is 48.5 Å². The number of amides is 2. The fraction of sp³-hybridized carbons (Fsp3) is 0.176. The lowest BCUT2D eigenvalue weighted by Gasteiger charge is -2.16. The highest BCUT2D eigenvalue weighted by atomic mass is 79.9. The molecule has 1 fully saturated rings. The zero-order valence-corrected chi connectivity index (χ0v) is 13.8. The lowest BCUT2D eigenvalue weighted by molar-refractivity contribution is -0.122. The molecule has 2 aromatic rings. The summed E-state index contributed by atoms with van der Waals surface area (Å²) >= 11 is 3.36. The van der Waals surface area contributed by atoms with Crippen LogP contribution in [-0.4, -0.2) is 23.5 Å². The average molecular weight is 375 g/mol. The highest BCUT2D eigenvalue weighted by molar-refractivity contribution is 9.10. The third-order valence-electron chi connectivity index (χ3n) is 3.77. The van der Waals surface area contributed by atoms with E-state index in [1.54, 1.807) is 17.0 Å². The maximum absolute atomic E-state index is 12.3. The number of carbonyl (C=O) groups is 2. The van der Waals surface area contributed by atoms with Crippen molar-refractivity contribution >= 4 is 39.1 Å². The topological polar surface area (TPSA) is 69.6 Å². The highest BCUT2D eigenvalue weighted by Crippen LogP contribution is 2.27. The van der Waals surface area contributed by atoms with Crippen LogP contribution in [0.25, 0.3) is 0 Å². The number of hydrogen-bond acceptors (Lipinski definition) is 3. The van der Waals surface area contributed by atoms with Crippen molar-refractivity contribution in [3.63, 3.8) is 0 Å². The second-order valence-corrected chi connectivity index (χ2v) is 6.33. The predicted molar refractivity (Wildman–Crippen MR) is 91.3 cm³/mol. The lowest BCUT2D eigenvalue weighted by atomic mass is 10.1. The van der Waals surface area contributed by atoms with Crippen LogP contribution in [0.4, 0.5) is 11.4 Å². The first-order chi connectivity index (χ1) is 11.0. The molecule has 0 spiro atoms. The van der Waals surface area contributed by atoms with Gasteiger partial charge in [0.25, 0.3) is 0 Å². The molecule has 3 rings (SSSR count). The van der Waals surface area contributed by atoms with Gasteiger partial charge in [0.2, 0.25) is 11.8 Å². The van der Waals surface area contributed by atoms with Crippen molar-refractivity contribution in [1.82, 2.24) is 0 Å². The van der Waals surface area contributed by atoms with Crippen LogP contribution in [0.1, 0.15) is 6.42 Å². The lowest BCUT2D eigenvalue weighted by Crippen LogP contribution is -2.28. The molecule has 0 aliphatic carbocycles. The molecule has 1 aliphatic heterocycles. The largest absolute Gasteiger partial charge is 0.508 e. The second-order valence-electron chi connectivity index (χ2n) is 5.42. The fourth-order valence-corrected chi connectivity index (χ4v) is 2.81. The van der Waals surface area contributed by atoms with Gasteiger partial charge in [0, 0.05) is 28.8 Å². The molecule has 0 radical (unpaired) electrons. The molecule has 118 valence electrons. The van der Waals surface area contributed by atoms with E-state index < -0.39 is 0 Å². The number of carbonyl (C=O) groups excluding carboxylic acids is 2. The molecule has 1 aliphatic rings. The Morgan fingerprint density at radius 3 is 2.43 bits per heavy atom. The number of phenols is 1. The van der Waals surface area contributed by atoms with E-state index in [-0.39, 0.29) is 29.9 Å². The summed E-state index contributed by atoms with van der Waals surface area (Å²) in [4.78, 5) is 26.1. The maximum Gasteiger partial charge on any atom is 0.229 e. The molecule has 0 saturated carbocycles. The quantitative estimate of drug-likeness (QED) is 0.810. The number of aromatic hydroxyl groups is 1. The number of nitrogens with one attached hydrogen (secondary N) is 1. The molecule has 0 aromatic heterocycles. The zero-order valence-electron chi connectivity index (χ0n) is 12.2. The Morgan fingerprint density at radius 2 is 1.78 bits per heavy atom. The fourth-order valence-electron chi connectivity index (χ4n) is 2.54. The van der Waals surface area contributed by atoms with E-state index in [1.807, 2.05) is 24.3 Å². The van der Waals surface area contributed by atoms with E-state index in [2.05, 4.69) is 21.2 Å². The van der Waals surface area contributed by atoms with E-state index in [0.717, 1.165) is 10.2 Å². The molecule has 0 unspecified atom stereocenters. The maximum atomic E-state index is 12.3. The molecular weight excluding hydrogens is 360 g/mol. The summed E-state index contributed by atoms with van der Waals surface area (Å²) in [5.41, 5.74) is 1.39. The van der Waals surface area contributed by atoms with Gasteiger partial charge in [-0.1, -0.05) is 15.9 Å². The predicted octanol–water partition coefficient (Wildman–Crippen LogP) is 3.15. The molecular formula is C17H15BrN2O3. The Kier molecular flexibility index (Phi) is 4.34. The van der Waals surface area contributed by atoms with Gasteiger partial charge in [-0.3, -0.25) is 9.59 Å². The zero-order chi connectivity index (χ0) is 16.4. The second kappa shape index (κ2) is 6.42. The molecule has 23 heavy (non-hydrogen) atoms.